The molecule has 2 aromatic rings. The third-order valence-corrected chi connectivity index (χ3v) is 7.86. The standard InChI is InChI=1S/C23H30FN5O2S/c24-19-6-3-7-20(14-19)29-22(27-10-12-31-13-11-27)25-26-23(29)32-16-21(30)28-9-8-17-4-1-2-5-18(17)15-28/h3,6-7,14,17-18H,1-2,4-5,8-13,15-16H2/t17-,18-/m0/s1. The van der Waals surface area contributed by atoms with E-state index in [9.17, 15) is 9.18 Å². The molecule has 3 fully saturated rings. The molecule has 1 aromatic carbocycles. The zero-order valence-corrected chi connectivity index (χ0v) is 19.1. The van der Waals surface area contributed by atoms with Crippen LogP contribution < -0.4 is 4.90 Å². The van der Waals surface area contributed by atoms with E-state index in [2.05, 4.69) is 15.1 Å². The highest BCUT2D eigenvalue weighted by Gasteiger charge is 2.33. The van der Waals surface area contributed by atoms with Gasteiger partial charge in [-0.3, -0.25) is 9.36 Å². The van der Waals surface area contributed by atoms with Crippen LogP contribution in [0.1, 0.15) is 32.1 Å². The number of anilines is 1. The lowest BCUT2D eigenvalue weighted by atomic mass is 9.75. The first kappa shape index (κ1) is 21.7. The van der Waals surface area contributed by atoms with Gasteiger partial charge in [0.05, 0.1) is 24.7 Å². The number of halogens is 1. The van der Waals surface area contributed by atoms with Gasteiger partial charge in [0.25, 0.3) is 0 Å². The summed E-state index contributed by atoms with van der Waals surface area (Å²) in [4.78, 5) is 17.1. The fourth-order valence-corrected chi connectivity index (χ4v) is 6.06. The van der Waals surface area contributed by atoms with E-state index in [1.807, 2.05) is 15.5 Å². The number of thioether (sulfide) groups is 1. The number of amides is 1. The predicted octanol–water partition coefficient (Wildman–Crippen LogP) is 3.37. The van der Waals surface area contributed by atoms with Crippen molar-refractivity contribution < 1.29 is 13.9 Å². The van der Waals surface area contributed by atoms with Gasteiger partial charge in [0.1, 0.15) is 5.82 Å². The Kier molecular flexibility index (Phi) is 6.64. The molecule has 2 aliphatic heterocycles. The molecule has 1 amide bonds. The van der Waals surface area contributed by atoms with Gasteiger partial charge in [0.15, 0.2) is 5.16 Å². The fourth-order valence-electron chi connectivity index (χ4n) is 5.21. The molecule has 0 spiro atoms. The van der Waals surface area contributed by atoms with Gasteiger partial charge >= 0.3 is 0 Å². The van der Waals surface area contributed by atoms with Crippen LogP contribution in [0.4, 0.5) is 10.3 Å². The van der Waals surface area contributed by atoms with Crippen molar-refractivity contribution >= 4 is 23.6 Å². The van der Waals surface area contributed by atoms with Gasteiger partial charge < -0.3 is 14.5 Å². The van der Waals surface area contributed by atoms with Gasteiger partial charge in [-0.2, -0.15) is 0 Å². The van der Waals surface area contributed by atoms with E-state index < -0.39 is 0 Å². The second kappa shape index (κ2) is 9.79. The minimum Gasteiger partial charge on any atom is -0.378 e. The van der Waals surface area contributed by atoms with Crippen molar-refractivity contribution in [2.45, 2.75) is 37.3 Å². The molecule has 32 heavy (non-hydrogen) atoms. The maximum absolute atomic E-state index is 14.0. The minimum atomic E-state index is -0.313. The maximum Gasteiger partial charge on any atom is 0.233 e. The number of carbonyl (C=O) groups excluding carboxylic acids is 1. The molecule has 172 valence electrons. The number of hydrogen-bond acceptors (Lipinski definition) is 6. The predicted molar refractivity (Wildman–Crippen MR) is 122 cm³/mol. The molecule has 0 unspecified atom stereocenters. The summed E-state index contributed by atoms with van der Waals surface area (Å²) in [6, 6.07) is 6.43. The Morgan fingerprint density at radius 1 is 1.09 bits per heavy atom. The quantitative estimate of drug-likeness (QED) is 0.639. The number of ether oxygens (including phenoxy) is 1. The lowest BCUT2D eigenvalue weighted by molar-refractivity contribution is -0.131. The first-order chi connectivity index (χ1) is 15.7. The number of aromatic nitrogens is 3. The first-order valence-corrected chi connectivity index (χ1v) is 12.6. The Morgan fingerprint density at radius 2 is 1.91 bits per heavy atom. The molecule has 2 saturated heterocycles. The lowest BCUT2D eigenvalue weighted by Gasteiger charge is -2.41. The van der Waals surface area contributed by atoms with Crippen molar-refractivity contribution in [2.75, 3.05) is 50.0 Å². The maximum atomic E-state index is 14.0. The van der Waals surface area contributed by atoms with E-state index in [1.165, 1.54) is 49.6 Å². The number of carbonyl (C=O) groups is 1. The summed E-state index contributed by atoms with van der Waals surface area (Å²) in [6.07, 6.45) is 6.33. The summed E-state index contributed by atoms with van der Waals surface area (Å²) in [6.45, 7) is 4.39. The van der Waals surface area contributed by atoms with Crippen molar-refractivity contribution in [1.29, 1.82) is 0 Å². The first-order valence-electron chi connectivity index (χ1n) is 11.6. The van der Waals surface area contributed by atoms with Crippen LogP contribution in [0.2, 0.25) is 0 Å². The SMILES string of the molecule is O=C(CSc1nnc(N2CCOCC2)n1-c1cccc(F)c1)N1CC[C@@H]2CCCC[C@H]2C1. The molecule has 1 aliphatic carbocycles. The van der Waals surface area contributed by atoms with Crippen LogP contribution in [0.5, 0.6) is 0 Å². The summed E-state index contributed by atoms with van der Waals surface area (Å²) in [5.41, 5.74) is 0.662. The highest BCUT2D eigenvalue weighted by Crippen LogP contribution is 2.36. The summed E-state index contributed by atoms with van der Waals surface area (Å²) < 4.78 is 21.3. The van der Waals surface area contributed by atoms with Crippen molar-refractivity contribution in [3.05, 3.63) is 30.1 Å². The van der Waals surface area contributed by atoms with Crippen LogP contribution in [0.15, 0.2) is 29.4 Å². The Balaban J connectivity index is 1.32. The number of likely N-dealkylation sites (tertiary alicyclic amines) is 1. The lowest BCUT2D eigenvalue weighted by Crippen LogP contribution is -2.45. The number of fused-ring (bicyclic) bond motifs is 1. The molecular weight excluding hydrogens is 429 g/mol. The molecule has 0 radical (unpaired) electrons. The molecule has 3 heterocycles. The van der Waals surface area contributed by atoms with Crippen LogP contribution in [-0.2, 0) is 9.53 Å². The number of benzene rings is 1. The molecule has 1 aromatic heterocycles. The number of piperidine rings is 1. The fraction of sp³-hybridized carbons (Fsp3) is 0.609. The van der Waals surface area contributed by atoms with E-state index in [4.69, 9.17) is 4.74 Å². The van der Waals surface area contributed by atoms with Gasteiger partial charge in [-0.1, -0.05) is 37.1 Å². The average molecular weight is 460 g/mol. The minimum absolute atomic E-state index is 0.153. The second-order valence-corrected chi connectivity index (χ2v) is 9.86. The second-order valence-electron chi connectivity index (χ2n) is 8.92. The topological polar surface area (TPSA) is 63.5 Å². The van der Waals surface area contributed by atoms with Crippen LogP contribution in [-0.4, -0.2) is 70.7 Å². The van der Waals surface area contributed by atoms with Crippen molar-refractivity contribution in [3.8, 4) is 5.69 Å². The summed E-state index contributed by atoms with van der Waals surface area (Å²) in [5.74, 6) is 2.28. The molecule has 9 heteroatoms. The molecule has 5 rings (SSSR count). The highest BCUT2D eigenvalue weighted by atomic mass is 32.2. The van der Waals surface area contributed by atoms with Crippen LogP contribution >= 0.6 is 11.8 Å². The monoisotopic (exact) mass is 459 g/mol. The van der Waals surface area contributed by atoms with Crippen molar-refractivity contribution in [2.24, 2.45) is 11.8 Å². The summed E-state index contributed by atoms with van der Waals surface area (Å²) in [7, 11) is 0. The number of rotatable bonds is 5. The smallest absolute Gasteiger partial charge is 0.233 e. The Morgan fingerprint density at radius 3 is 2.72 bits per heavy atom. The van der Waals surface area contributed by atoms with E-state index >= 15 is 0 Å². The number of nitrogens with zero attached hydrogens (tertiary/aromatic N) is 5. The van der Waals surface area contributed by atoms with Crippen LogP contribution in [0.3, 0.4) is 0 Å². The van der Waals surface area contributed by atoms with Gasteiger partial charge in [0, 0.05) is 26.2 Å². The van der Waals surface area contributed by atoms with Crippen molar-refractivity contribution in [3.63, 3.8) is 0 Å². The third-order valence-electron chi connectivity index (χ3n) is 6.95. The molecule has 7 nitrogen and oxygen atoms in total. The molecule has 1 saturated carbocycles. The van der Waals surface area contributed by atoms with Gasteiger partial charge in [-0.15, -0.1) is 10.2 Å². The van der Waals surface area contributed by atoms with E-state index in [-0.39, 0.29) is 11.7 Å². The van der Waals surface area contributed by atoms with Crippen molar-refractivity contribution in [1.82, 2.24) is 19.7 Å². The number of morpholine rings is 1. The Bertz CT molecular complexity index is 948. The van der Waals surface area contributed by atoms with Crippen LogP contribution in [0.25, 0.3) is 5.69 Å². The zero-order chi connectivity index (χ0) is 21.9. The summed E-state index contributed by atoms with van der Waals surface area (Å²) in [5, 5.41) is 9.39. The van der Waals surface area contributed by atoms with Gasteiger partial charge in [-0.05, 0) is 42.9 Å². The van der Waals surface area contributed by atoms with E-state index in [1.54, 1.807) is 6.07 Å². The molecule has 0 N–H and O–H groups in total. The van der Waals surface area contributed by atoms with Crippen LogP contribution in [0, 0.1) is 17.7 Å². The Hall–Kier alpha value is -2.13. The van der Waals surface area contributed by atoms with Gasteiger partial charge in [0.2, 0.25) is 11.9 Å². The van der Waals surface area contributed by atoms with Gasteiger partial charge in [-0.25, -0.2) is 4.39 Å². The molecule has 3 aliphatic rings. The molecular formula is C23H30FN5O2S. The Labute approximate surface area is 192 Å². The molecule has 0 bridgehead atoms. The normalized spacial score (nSPS) is 23.8. The van der Waals surface area contributed by atoms with E-state index in [0.29, 0.717) is 54.8 Å². The van der Waals surface area contributed by atoms with E-state index in [0.717, 1.165) is 25.4 Å². The third kappa shape index (κ3) is 4.64. The molecule has 2 atom stereocenters. The highest BCUT2D eigenvalue weighted by molar-refractivity contribution is 7.99. The summed E-state index contributed by atoms with van der Waals surface area (Å²) >= 11 is 1.38. The number of hydrogen-bond donors (Lipinski definition) is 0. The average Bonchev–Trinajstić information content (AvgIpc) is 3.27. The largest absolute Gasteiger partial charge is 0.378 e. The zero-order valence-electron chi connectivity index (χ0n) is 18.3.